The molecule has 0 unspecified atom stereocenters. The van der Waals surface area contributed by atoms with Gasteiger partial charge in [0, 0.05) is 23.7 Å². The van der Waals surface area contributed by atoms with E-state index in [4.69, 9.17) is 16.3 Å². The molecule has 1 saturated heterocycles. The Balaban J connectivity index is 1.81. The number of nitrogens with zero attached hydrogens (tertiary/aromatic N) is 1. The molecule has 0 saturated carbocycles. The van der Waals surface area contributed by atoms with Gasteiger partial charge in [0.1, 0.15) is 0 Å². The second-order valence-corrected chi connectivity index (χ2v) is 6.93. The smallest absolute Gasteiger partial charge is 0.255 e. The molecule has 0 bridgehead atoms. The molecule has 4 nitrogen and oxygen atoms in total. The Kier molecular flexibility index (Phi) is 5.61. The van der Waals surface area contributed by atoms with Gasteiger partial charge in [-0.1, -0.05) is 37.6 Å². The van der Waals surface area contributed by atoms with E-state index in [1.54, 1.807) is 6.07 Å². The number of anilines is 2. The molecule has 0 radical (unpaired) electrons. The van der Waals surface area contributed by atoms with Crippen LogP contribution in [0.3, 0.4) is 0 Å². The maximum Gasteiger partial charge on any atom is 0.255 e. The van der Waals surface area contributed by atoms with Gasteiger partial charge in [-0.15, -0.1) is 0 Å². The van der Waals surface area contributed by atoms with Gasteiger partial charge in [0.2, 0.25) is 0 Å². The van der Waals surface area contributed by atoms with Gasteiger partial charge in [-0.25, -0.2) is 0 Å². The van der Waals surface area contributed by atoms with Crippen molar-refractivity contribution in [2.24, 2.45) is 0 Å². The number of nitrogens with one attached hydrogen (secondary N) is 1. The largest absolute Gasteiger partial charge is 0.378 e. The first kappa shape index (κ1) is 17.8. The van der Waals surface area contributed by atoms with Gasteiger partial charge in [-0.3, -0.25) is 4.79 Å². The Morgan fingerprint density at radius 1 is 1.12 bits per heavy atom. The van der Waals surface area contributed by atoms with Crippen LogP contribution in [0.1, 0.15) is 35.7 Å². The summed E-state index contributed by atoms with van der Waals surface area (Å²) in [6.45, 7) is 7.24. The number of rotatable bonds is 4. The maximum absolute atomic E-state index is 12.6. The van der Waals surface area contributed by atoms with Gasteiger partial charge in [0.15, 0.2) is 0 Å². The first-order valence-corrected chi connectivity index (χ1v) is 8.96. The Morgan fingerprint density at radius 3 is 2.44 bits per heavy atom. The number of morpholine rings is 1. The van der Waals surface area contributed by atoms with E-state index in [1.165, 1.54) is 5.56 Å². The van der Waals surface area contributed by atoms with E-state index >= 15 is 0 Å². The van der Waals surface area contributed by atoms with E-state index in [1.807, 2.05) is 36.4 Å². The van der Waals surface area contributed by atoms with Crippen LogP contribution in [0.15, 0.2) is 42.5 Å². The summed E-state index contributed by atoms with van der Waals surface area (Å²) in [6.07, 6.45) is 0. The molecule has 1 aliphatic heterocycles. The summed E-state index contributed by atoms with van der Waals surface area (Å²) < 4.78 is 5.41. The molecule has 1 fully saturated rings. The van der Waals surface area contributed by atoms with Crippen LogP contribution in [0, 0.1) is 0 Å². The molecule has 1 N–H and O–H groups in total. The Morgan fingerprint density at radius 2 is 1.80 bits per heavy atom. The van der Waals surface area contributed by atoms with Gasteiger partial charge in [-0.05, 0) is 41.8 Å². The topological polar surface area (TPSA) is 41.6 Å². The number of hydrogen-bond donors (Lipinski definition) is 1. The molecule has 5 heteroatoms. The minimum Gasteiger partial charge on any atom is -0.378 e. The molecular weight excluding hydrogens is 336 g/mol. The SMILES string of the molecule is CC(C)c1ccc(C(=O)Nc2cc(Cl)ccc2N2CCOCC2)cc1. The predicted octanol–water partition coefficient (Wildman–Crippen LogP) is 4.55. The van der Waals surface area contributed by atoms with Crippen LogP contribution in [0.4, 0.5) is 11.4 Å². The van der Waals surface area contributed by atoms with E-state index in [-0.39, 0.29) is 5.91 Å². The molecule has 132 valence electrons. The highest BCUT2D eigenvalue weighted by molar-refractivity contribution is 6.31. The number of halogens is 1. The second-order valence-electron chi connectivity index (χ2n) is 6.49. The summed E-state index contributed by atoms with van der Waals surface area (Å²) in [5.41, 5.74) is 3.55. The van der Waals surface area contributed by atoms with Crippen molar-refractivity contribution in [1.82, 2.24) is 0 Å². The molecule has 3 rings (SSSR count). The Labute approximate surface area is 153 Å². The lowest BCUT2D eigenvalue weighted by Gasteiger charge is -2.30. The van der Waals surface area contributed by atoms with Crippen molar-refractivity contribution in [3.05, 3.63) is 58.6 Å². The van der Waals surface area contributed by atoms with Crippen LogP contribution in [0.25, 0.3) is 0 Å². The Bertz CT molecular complexity index is 738. The molecule has 1 aliphatic rings. The lowest BCUT2D eigenvalue weighted by Crippen LogP contribution is -2.36. The lowest BCUT2D eigenvalue weighted by atomic mass is 10.0. The molecule has 0 aliphatic carbocycles. The van der Waals surface area contributed by atoms with Crippen LogP contribution in [-0.2, 0) is 4.74 Å². The second kappa shape index (κ2) is 7.89. The summed E-state index contributed by atoms with van der Waals surface area (Å²) in [4.78, 5) is 14.8. The van der Waals surface area contributed by atoms with Crippen LogP contribution < -0.4 is 10.2 Å². The molecule has 2 aromatic carbocycles. The maximum atomic E-state index is 12.6. The van der Waals surface area contributed by atoms with E-state index < -0.39 is 0 Å². The van der Waals surface area contributed by atoms with Crippen molar-refractivity contribution in [1.29, 1.82) is 0 Å². The fourth-order valence-corrected chi connectivity index (χ4v) is 3.07. The Hall–Kier alpha value is -2.04. The van der Waals surface area contributed by atoms with Gasteiger partial charge in [0.25, 0.3) is 5.91 Å². The number of carbonyl (C=O) groups excluding carboxylic acids is 1. The zero-order valence-electron chi connectivity index (χ0n) is 14.6. The summed E-state index contributed by atoms with van der Waals surface area (Å²) in [5, 5.41) is 3.61. The van der Waals surface area contributed by atoms with Gasteiger partial charge in [0.05, 0.1) is 24.6 Å². The highest BCUT2D eigenvalue weighted by Crippen LogP contribution is 2.30. The van der Waals surface area contributed by atoms with Crippen molar-refractivity contribution in [2.75, 3.05) is 36.5 Å². The van der Waals surface area contributed by atoms with Crippen molar-refractivity contribution >= 4 is 28.9 Å². The van der Waals surface area contributed by atoms with Crippen LogP contribution in [-0.4, -0.2) is 32.2 Å². The van der Waals surface area contributed by atoms with Gasteiger partial charge < -0.3 is 15.0 Å². The fourth-order valence-electron chi connectivity index (χ4n) is 2.90. The summed E-state index contributed by atoms with van der Waals surface area (Å²) in [7, 11) is 0. The average molecular weight is 359 g/mol. The predicted molar refractivity (Wildman–Crippen MR) is 103 cm³/mol. The molecule has 0 aromatic heterocycles. The zero-order valence-corrected chi connectivity index (χ0v) is 15.3. The highest BCUT2D eigenvalue weighted by Gasteiger charge is 2.17. The number of carbonyl (C=O) groups is 1. The number of ether oxygens (including phenoxy) is 1. The van der Waals surface area contributed by atoms with Gasteiger partial charge in [-0.2, -0.15) is 0 Å². The van der Waals surface area contributed by atoms with Crippen molar-refractivity contribution in [3.8, 4) is 0 Å². The van der Waals surface area contributed by atoms with Crippen molar-refractivity contribution < 1.29 is 9.53 Å². The first-order chi connectivity index (χ1) is 12.0. The van der Waals surface area contributed by atoms with Gasteiger partial charge >= 0.3 is 0 Å². The van der Waals surface area contributed by atoms with E-state index in [2.05, 4.69) is 24.1 Å². The average Bonchev–Trinajstić information content (AvgIpc) is 2.62. The van der Waals surface area contributed by atoms with Crippen LogP contribution >= 0.6 is 11.6 Å². The molecule has 1 heterocycles. The summed E-state index contributed by atoms with van der Waals surface area (Å²) in [6, 6.07) is 13.3. The quantitative estimate of drug-likeness (QED) is 0.871. The molecular formula is C20H23ClN2O2. The third-order valence-electron chi connectivity index (χ3n) is 4.40. The highest BCUT2D eigenvalue weighted by atomic mass is 35.5. The minimum absolute atomic E-state index is 0.132. The monoisotopic (exact) mass is 358 g/mol. The number of hydrogen-bond acceptors (Lipinski definition) is 3. The molecule has 1 amide bonds. The summed E-state index contributed by atoms with van der Waals surface area (Å²) in [5.74, 6) is 0.310. The number of benzene rings is 2. The molecule has 2 aromatic rings. The van der Waals surface area contributed by atoms with Crippen LogP contribution in [0.2, 0.25) is 5.02 Å². The normalized spacial score (nSPS) is 14.6. The first-order valence-electron chi connectivity index (χ1n) is 8.58. The van der Waals surface area contributed by atoms with Crippen LogP contribution in [0.5, 0.6) is 0 Å². The standard InChI is InChI=1S/C20H23ClN2O2/c1-14(2)15-3-5-16(6-4-15)20(24)22-18-13-17(21)7-8-19(18)23-9-11-25-12-10-23/h3-8,13-14H,9-12H2,1-2H3,(H,22,24). The molecule has 25 heavy (non-hydrogen) atoms. The molecule has 0 spiro atoms. The van der Waals surface area contributed by atoms with E-state index in [0.717, 1.165) is 24.5 Å². The lowest BCUT2D eigenvalue weighted by molar-refractivity contribution is 0.102. The van der Waals surface area contributed by atoms with Crippen molar-refractivity contribution in [3.63, 3.8) is 0 Å². The van der Waals surface area contributed by atoms with Crippen molar-refractivity contribution in [2.45, 2.75) is 19.8 Å². The third-order valence-corrected chi connectivity index (χ3v) is 4.63. The number of amides is 1. The van der Waals surface area contributed by atoms with E-state index in [9.17, 15) is 4.79 Å². The summed E-state index contributed by atoms with van der Waals surface area (Å²) >= 11 is 6.15. The van der Waals surface area contributed by atoms with E-state index in [0.29, 0.717) is 29.7 Å². The fraction of sp³-hybridized carbons (Fsp3) is 0.350. The third kappa shape index (κ3) is 4.33. The molecule has 0 atom stereocenters. The minimum atomic E-state index is -0.132. The zero-order chi connectivity index (χ0) is 17.8.